The summed E-state index contributed by atoms with van der Waals surface area (Å²) < 4.78 is 0. The zero-order valence-electron chi connectivity index (χ0n) is 18.5. The molecule has 0 atom stereocenters. The van der Waals surface area contributed by atoms with Crippen LogP contribution in [0.1, 0.15) is 11.1 Å². The molecule has 5 rings (SSSR count). The van der Waals surface area contributed by atoms with Crippen molar-refractivity contribution < 1.29 is 0 Å². The van der Waals surface area contributed by atoms with Crippen molar-refractivity contribution in [2.75, 3.05) is 10.6 Å². The molecule has 0 heterocycles. The first-order valence-electron chi connectivity index (χ1n) is 11.0. The normalized spacial score (nSPS) is 11.3. The van der Waals surface area contributed by atoms with E-state index in [2.05, 4.69) is 90.9 Å². The van der Waals surface area contributed by atoms with Crippen LogP contribution in [0, 0.1) is 12.3 Å². The van der Waals surface area contributed by atoms with Crippen LogP contribution in [-0.2, 0) is 0 Å². The molecule has 33 heavy (non-hydrogen) atoms. The highest BCUT2D eigenvalue weighted by Crippen LogP contribution is 2.33. The van der Waals surface area contributed by atoms with Gasteiger partial charge in [0, 0.05) is 22.3 Å². The third-order valence-electron chi connectivity index (χ3n) is 6.05. The van der Waals surface area contributed by atoms with E-state index in [-0.39, 0.29) is 5.96 Å². The van der Waals surface area contributed by atoms with Crippen molar-refractivity contribution >= 4 is 55.7 Å². The zero-order valence-corrected chi connectivity index (χ0v) is 18.5. The lowest BCUT2D eigenvalue weighted by Crippen LogP contribution is -2.21. The van der Waals surface area contributed by atoms with Crippen LogP contribution in [0.15, 0.2) is 104 Å². The summed E-state index contributed by atoms with van der Waals surface area (Å²) in [7, 11) is 0. The van der Waals surface area contributed by atoms with Crippen molar-refractivity contribution in [3.05, 3.63) is 115 Å². The molecule has 5 aromatic carbocycles. The minimum absolute atomic E-state index is 0.221. The van der Waals surface area contributed by atoms with Gasteiger partial charge in [0.25, 0.3) is 0 Å². The molecule has 5 aromatic rings. The van der Waals surface area contributed by atoms with Crippen LogP contribution in [0.4, 0.5) is 11.4 Å². The van der Waals surface area contributed by atoms with Gasteiger partial charge < -0.3 is 10.6 Å². The molecular weight excluding hydrogens is 402 g/mol. The Hall–Kier alpha value is -4.37. The van der Waals surface area contributed by atoms with E-state index in [1.54, 1.807) is 6.08 Å². The molecule has 3 N–H and O–H groups in total. The lowest BCUT2D eigenvalue weighted by Gasteiger charge is -2.18. The second kappa shape index (κ2) is 8.64. The van der Waals surface area contributed by atoms with Crippen molar-refractivity contribution in [3.8, 4) is 0 Å². The molecule has 0 radical (unpaired) electrons. The number of guanidine groups is 1. The van der Waals surface area contributed by atoms with Crippen molar-refractivity contribution in [2.45, 2.75) is 6.92 Å². The maximum absolute atomic E-state index is 8.73. The summed E-state index contributed by atoms with van der Waals surface area (Å²) in [6.45, 7) is 5.92. The standard InChI is InChI=1S/C30H25N3/c1-3-4-13-24-20(2)23-14-7-5-11-21(23)18-28(24)32-30(31)33-29-19-22-12-6-8-15-25(22)26-16-9-10-17-27(26)29/h3-19H,1H2,2H3,(H3,31,32,33)/b13-4-. The van der Waals surface area contributed by atoms with Crippen LogP contribution < -0.4 is 10.6 Å². The molecule has 0 bridgehead atoms. The van der Waals surface area contributed by atoms with Gasteiger partial charge in [0.2, 0.25) is 0 Å². The van der Waals surface area contributed by atoms with E-state index >= 15 is 0 Å². The lowest BCUT2D eigenvalue weighted by molar-refractivity contribution is 1.42. The highest BCUT2D eigenvalue weighted by molar-refractivity contribution is 6.16. The molecule has 0 aliphatic carbocycles. The van der Waals surface area contributed by atoms with Crippen molar-refractivity contribution in [1.82, 2.24) is 0 Å². The Morgan fingerprint density at radius 3 is 2.00 bits per heavy atom. The van der Waals surface area contributed by atoms with E-state index in [0.717, 1.165) is 38.7 Å². The quantitative estimate of drug-likeness (QED) is 0.117. The molecule has 0 spiro atoms. The largest absolute Gasteiger partial charge is 0.326 e. The zero-order chi connectivity index (χ0) is 22.8. The van der Waals surface area contributed by atoms with Crippen LogP contribution >= 0.6 is 0 Å². The molecular formula is C30H25N3. The summed E-state index contributed by atoms with van der Waals surface area (Å²) in [5.74, 6) is 0.221. The predicted molar refractivity (Wildman–Crippen MR) is 144 cm³/mol. The van der Waals surface area contributed by atoms with E-state index in [0.29, 0.717) is 0 Å². The van der Waals surface area contributed by atoms with Crippen LogP contribution in [0.5, 0.6) is 0 Å². The molecule has 160 valence electrons. The van der Waals surface area contributed by atoms with E-state index in [9.17, 15) is 0 Å². The number of nitrogens with one attached hydrogen (secondary N) is 3. The summed E-state index contributed by atoms with van der Waals surface area (Å²) in [4.78, 5) is 0. The Morgan fingerprint density at radius 2 is 1.27 bits per heavy atom. The predicted octanol–water partition coefficient (Wildman–Crippen LogP) is 8.11. The Balaban J connectivity index is 1.55. The van der Waals surface area contributed by atoms with Gasteiger partial charge >= 0.3 is 0 Å². The maximum Gasteiger partial charge on any atom is 0.197 e. The van der Waals surface area contributed by atoms with Crippen LogP contribution in [0.2, 0.25) is 0 Å². The van der Waals surface area contributed by atoms with Gasteiger partial charge in [-0.05, 0) is 51.6 Å². The number of benzene rings is 5. The van der Waals surface area contributed by atoms with Gasteiger partial charge in [-0.1, -0.05) is 97.6 Å². The van der Waals surface area contributed by atoms with E-state index in [4.69, 9.17) is 5.41 Å². The fraction of sp³-hybridized carbons (Fsp3) is 0.0333. The summed E-state index contributed by atoms with van der Waals surface area (Å²) in [5.41, 5.74) is 4.00. The summed E-state index contributed by atoms with van der Waals surface area (Å²) in [6.07, 6.45) is 5.73. The van der Waals surface area contributed by atoms with Crippen molar-refractivity contribution in [3.63, 3.8) is 0 Å². The van der Waals surface area contributed by atoms with Crippen molar-refractivity contribution in [2.24, 2.45) is 0 Å². The molecule has 0 fully saturated rings. The first-order valence-corrected chi connectivity index (χ1v) is 11.0. The third-order valence-corrected chi connectivity index (χ3v) is 6.05. The Bertz CT molecular complexity index is 1560. The second-order valence-corrected chi connectivity index (χ2v) is 8.09. The van der Waals surface area contributed by atoms with Crippen molar-refractivity contribution in [1.29, 1.82) is 5.41 Å². The summed E-state index contributed by atoms with van der Waals surface area (Å²) >= 11 is 0. The van der Waals surface area contributed by atoms with E-state index in [1.807, 2.05) is 30.4 Å². The van der Waals surface area contributed by atoms with E-state index in [1.165, 1.54) is 16.2 Å². The second-order valence-electron chi connectivity index (χ2n) is 8.09. The first-order chi connectivity index (χ1) is 16.2. The molecule has 0 aromatic heterocycles. The van der Waals surface area contributed by atoms with Gasteiger partial charge in [0.1, 0.15) is 0 Å². The lowest BCUT2D eigenvalue weighted by atomic mass is 9.97. The first kappa shape index (κ1) is 20.5. The number of aryl methyl sites for hydroxylation is 1. The van der Waals surface area contributed by atoms with Crippen LogP contribution in [0.3, 0.4) is 0 Å². The van der Waals surface area contributed by atoms with Gasteiger partial charge in [0.15, 0.2) is 5.96 Å². The van der Waals surface area contributed by atoms with Crippen LogP contribution in [-0.4, -0.2) is 5.96 Å². The minimum Gasteiger partial charge on any atom is -0.326 e. The Labute approximate surface area is 193 Å². The fourth-order valence-electron chi connectivity index (χ4n) is 4.49. The third kappa shape index (κ3) is 3.85. The van der Waals surface area contributed by atoms with Gasteiger partial charge in [-0.15, -0.1) is 0 Å². The average molecular weight is 428 g/mol. The number of rotatable bonds is 4. The SMILES string of the molecule is C=C/C=C\c1c(NC(=N)Nc2cc3ccccc3c3ccccc23)cc2ccccc2c1C. The highest BCUT2D eigenvalue weighted by atomic mass is 15.1. The minimum atomic E-state index is 0.221. The van der Waals surface area contributed by atoms with Gasteiger partial charge in [-0.3, -0.25) is 5.41 Å². The smallest absolute Gasteiger partial charge is 0.197 e. The van der Waals surface area contributed by atoms with Crippen LogP contribution in [0.25, 0.3) is 38.4 Å². The maximum atomic E-state index is 8.73. The number of hydrogen-bond acceptors (Lipinski definition) is 1. The Morgan fingerprint density at radius 1 is 0.727 bits per heavy atom. The molecule has 0 saturated carbocycles. The average Bonchev–Trinajstić information content (AvgIpc) is 2.84. The molecule has 0 amide bonds. The molecule has 3 nitrogen and oxygen atoms in total. The molecule has 0 unspecified atom stereocenters. The Kier molecular flexibility index (Phi) is 5.37. The number of allylic oxidation sites excluding steroid dienone is 2. The topological polar surface area (TPSA) is 47.9 Å². The monoisotopic (exact) mass is 427 g/mol. The summed E-state index contributed by atoms with van der Waals surface area (Å²) in [6, 6.07) is 29.2. The summed E-state index contributed by atoms with van der Waals surface area (Å²) in [5, 5.41) is 22.3. The molecule has 3 heteroatoms. The number of hydrogen-bond donors (Lipinski definition) is 3. The molecule has 0 saturated heterocycles. The molecule has 0 aliphatic heterocycles. The molecule has 0 aliphatic rings. The van der Waals surface area contributed by atoms with Gasteiger partial charge in [-0.2, -0.15) is 0 Å². The highest BCUT2D eigenvalue weighted by Gasteiger charge is 2.12. The number of anilines is 2. The number of fused-ring (bicyclic) bond motifs is 4. The van der Waals surface area contributed by atoms with E-state index < -0.39 is 0 Å². The van der Waals surface area contributed by atoms with Gasteiger partial charge in [-0.25, -0.2) is 0 Å². The fourth-order valence-corrected chi connectivity index (χ4v) is 4.49. The van der Waals surface area contributed by atoms with Gasteiger partial charge in [0.05, 0.1) is 0 Å².